The molecule has 1 unspecified atom stereocenters. The van der Waals surface area contributed by atoms with E-state index in [1.54, 1.807) is 0 Å². The summed E-state index contributed by atoms with van der Waals surface area (Å²) in [7, 11) is -2.97. The van der Waals surface area contributed by atoms with Crippen LogP contribution in [0.1, 0.15) is 41.0 Å². The molecule has 0 fully saturated rings. The van der Waals surface area contributed by atoms with E-state index in [0.717, 1.165) is 6.42 Å². The summed E-state index contributed by atoms with van der Waals surface area (Å²) in [4.78, 5) is 0. The number of aliphatic hydroxyl groups is 1. The minimum atomic E-state index is -2.97. The van der Waals surface area contributed by atoms with Crippen LogP contribution in [0.4, 0.5) is 0 Å². The van der Waals surface area contributed by atoms with E-state index in [-0.39, 0.29) is 23.1 Å². The molecular formula is C12H27NO3S. The third-order valence-electron chi connectivity index (χ3n) is 2.54. The van der Waals surface area contributed by atoms with Gasteiger partial charge in [-0.3, -0.25) is 5.32 Å². The molecular weight excluding hydrogens is 238 g/mol. The molecule has 0 aromatic rings. The smallest absolute Gasteiger partial charge is 0.148 e. The Bertz CT molecular complexity index is 328. The van der Waals surface area contributed by atoms with Crippen molar-refractivity contribution in [2.75, 3.05) is 18.6 Å². The number of sulfone groups is 1. The van der Waals surface area contributed by atoms with E-state index in [2.05, 4.69) is 26.1 Å². The van der Waals surface area contributed by atoms with Crippen LogP contribution < -0.4 is 5.32 Å². The lowest BCUT2D eigenvalue weighted by Gasteiger charge is -2.36. The fraction of sp³-hybridized carbons (Fsp3) is 1.00. The van der Waals surface area contributed by atoms with Crippen molar-refractivity contribution in [3.8, 4) is 0 Å². The summed E-state index contributed by atoms with van der Waals surface area (Å²) >= 11 is 0. The topological polar surface area (TPSA) is 66.4 Å². The summed E-state index contributed by atoms with van der Waals surface area (Å²) in [5.74, 6) is 0.0512. The first-order chi connectivity index (χ1) is 7.33. The van der Waals surface area contributed by atoms with E-state index in [1.807, 2.05) is 13.8 Å². The molecule has 17 heavy (non-hydrogen) atoms. The van der Waals surface area contributed by atoms with Crippen LogP contribution in [0.25, 0.3) is 0 Å². The first-order valence-electron chi connectivity index (χ1n) is 5.93. The van der Waals surface area contributed by atoms with Crippen LogP contribution >= 0.6 is 0 Å². The van der Waals surface area contributed by atoms with Gasteiger partial charge in [0.15, 0.2) is 0 Å². The highest BCUT2D eigenvalue weighted by Gasteiger charge is 2.32. The third-order valence-corrected chi connectivity index (χ3v) is 3.48. The minimum absolute atomic E-state index is 0.0512. The lowest BCUT2D eigenvalue weighted by molar-refractivity contribution is -0.00172. The zero-order valence-electron chi connectivity index (χ0n) is 11.9. The van der Waals surface area contributed by atoms with Crippen LogP contribution in [-0.4, -0.2) is 38.3 Å². The molecule has 0 amide bonds. The summed E-state index contributed by atoms with van der Waals surface area (Å²) in [5, 5.41) is 12.9. The Labute approximate surface area is 106 Å². The van der Waals surface area contributed by atoms with Crippen molar-refractivity contribution in [1.82, 2.24) is 5.32 Å². The Balaban J connectivity index is 4.26. The molecule has 4 nitrogen and oxygen atoms in total. The molecule has 0 heterocycles. The fourth-order valence-corrected chi connectivity index (χ4v) is 2.61. The van der Waals surface area contributed by atoms with Crippen molar-refractivity contribution < 1.29 is 13.5 Å². The highest BCUT2D eigenvalue weighted by atomic mass is 32.2. The molecule has 0 rings (SSSR count). The van der Waals surface area contributed by atoms with E-state index in [0.29, 0.717) is 0 Å². The van der Waals surface area contributed by atoms with E-state index in [9.17, 15) is 13.5 Å². The van der Waals surface area contributed by atoms with Crippen molar-refractivity contribution in [2.24, 2.45) is 10.8 Å². The SMILES string of the molecule is CC(C)(C)CC(C)(C)C(O)NCCS(C)(=O)=O. The Morgan fingerprint density at radius 3 is 2.00 bits per heavy atom. The van der Waals surface area contributed by atoms with Gasteiger partial charge in [-0.1, -0.05) is 34.6 Å². The van der Waals surface area contributed by atoms with E-state index < -0.39 is 16.1 Å². The Morgan fingerprint density at radius 1 is 1.18 bits per heavy atom. The molecule has 2 N–H and O–H groups in total. The second-order valence-corrected chi connectivity index (χ2v) is 8.97. The quantitative estimate of drug-likeness (QED) is 0.713. The monoisotopic (exact) mass is 265 g/mol. The molecule has 0 radical (unpaired) electrons. The second kappa shape index (κ2) is 5.67. The standard InChI is InChI=1S/C12H27NO3S/c1-11(2,3)9-12(4,5)10(14)13-7-8-17(6,15)16/h10,13-14H,7-9H2,1-6H3. The van der Waals surface area contributed by atoms with Crippen LogP contribution in [0, 0.1) is 10.8 Å². The van der Waals surface area contributed by atoms with Crippen LogP contribution in [0.3, 0.4) is 0 Å². The number of aliphatic hydroxyl groups excluding tert-OH is 1. The van der Waals surface area contributed by atoms with E-state index in [1.165, 1.54) is 6.26 Å². The number of nitrogens with one attached hydrogen (secondary N) is 1. The zero-order valence-corrected chi connectivity index (χ0v) is 12.7. The van der Waals surface area contributed by atoms with Crippen LogP contribution in [0.5, 0.6) is 0 Å². The van der Waals surface area contributed by atoms with Crippen molar-refractivity contribution >= 4 is 9.84 Å². The zero-order chi connectivity index (χ0) is 13.9. The average molecular weight is 265 g/mol. The Morgan fingerprint density at radius 2 is 1.65 bits per heavy atom. The summed E-state index contributed by atoms with van der Waals surface area (Å²) in [6, 6.07) is 0. The van der Waals surface area contributed by atoms with Crippen LogP contribution in [0.2, 0.25) is 0 Å². The lowest BCUT2D eigenvalue weighted by atomic mass is 9.75. The van der Waals surface area contributed by atoms with Crippen molar-refractivity contribution in [2.45, 2.75) is 47.3 Å². The molecule has 0 aliphatic rings. The largest absolute Gasteiger partial charge is 0.378 e. The number of hydrogen-bond donors (Lipinski definition) is 2. The maximum absolute atomic E-state index is 11.0. The molecule has 0 aromatic carbocycles. The minimum Gasteiger partial charge on any atom is -0.378 e. The van der Waals surface area contributed by atoms with Gasteiger partial charge in [-0.15, -0.1) is 0 Å². The van der Waals surface area contributed by atoms with Gasteiger partial charge in [0.05, 0.1) is 5.75 Å². The number of rotatable bonds is 6. The fourth-order valence-electron chi connectivity index (χ4n) is 2.12. The van der Waals surface area contributed by atoms with E-state index >= 15 is 0 Å². The first kappa shape index (κ1) is 16.9. The molecule has 0 bridgehead atoms. The van der Waals surface area contributed by atoms with Crippen LogP contribution in [-0.2, 0) is 9.84 Å². The van der Waals surface area contributed by atoms with Crippen LogP contribution in [0.15, 0.2) is 0 Å². The molecule has 0 spiro atoms. The highest BCUT2D eigenvalue weighted by Crippen LogP contribution is 2.34. The third kappa shape index (κ3) is 8.57. The predicted octanol–water partition coefficient (Wildman–Crippen LogP) is 1.40. The van der Waals surface area contributed by atoms with Gasteiger partial charge in [0.25, 0.3) is 0 Å². The van der Waals surface area contributed by atoms with Gasteiger partial charge in [-0.2, -0.15) is 0 Å². The van der Waals surface area contributed by atoms with Gasteiger partial charge in [0.2, 0.25) is 0 Å². The summed E-state index contributed by atoms with van der Waals surface area (Å²) in [5.41, 5.74) is -0.154. The van der Waals surface area contributed by atoms with Gasteiger partial charge < -0.3 is 5.11 Å². The van der Waals surface area contributed by atoms with Gasteiger partial charge in [-0.25, -0.2) is 8.42 Å². The van der Waals surface area contributed by atoms with Gasteiger partial charge in [-0.05, 0) is 11.8 Å². The molecule has 5 heteroatoms. The van der Waals surface area contributed by atoms with Crippen molar-refractivity contribution in [3.63, 3.8) is 0 Å². The normalized spacial score (nSPS) is 15.9. The molecule has 104 valence electrons. The Kier molecular flexibility index (Phi) is 5.63. The Hall–Kier alpha value is -0.130. The molecule has 0 saturated heterocycles. The van der Waals surface area contributed by atoms with E-state index in [4.69, 9.17) is 0 Å². The molecule has 0 aromatic heterocycles. The maximum Gasteiger partial charge on any atom is 0.148 e. The molecule has 0 aliphatic heterocycles. The molecule has 0 aliphatic carbocycles. The average Bonchev–Trinajstić information content (AvgIpc) is 1.96. The summed E-state index contributed by atoms with van der Waals surface area (Å²) < 4.78 is 21.9. The van der Waals surface area contributed by atoms with Gasteiger partial charge >= 0.3 is 0 Å². The van der Waals surface area contributed by atoms with Crippen molar-refractivity contribution in [3.05, 3.63) is 0 Å². The van der Waals surface area contributed by atoms with Crippen molar-refractivity contribution in [1.29, 1.82) is 0 Å². The number of hydrogen-bond acceptors (Lipinski definition) is 4. The first-order valence-corrected chi connectivity index (χ1v) is 7.99. The maximum atomic E-state index is 11.0. The lowest BCUT2D eigenvalue weighted by Crippen LogP contribution is -2.45. The van der Waals surface area contributed by atoms with Gasteiger partial charge in [0.1, 0.15) is 16.1 Å². The summed E-state index contributed by atoms with van der Waals surface area (Å²) in [6.07, 6.45) is 1.36. The second-order valence-electron chi connectivity index (χ2n) is 6.71. The summed E-state index contributed by atoms with van der Waals surface area (Å²) in [6.45, 7) is 10.6. The molecule has 1 atom stereocenters. The van der Waals surface area contributed by atoms with Gasteiger partial charge in [0, 0.05) is 18.2 Å². The highest BCUT2D eigenvalue weighted by molar-refractivity contribution is 7.90. The molecule has 0 saturated carbocycles. The predicted molar refractivity (Wildman–Crippen MR) is 71.6 cm³/mol.